The van der Waals surface area contributed by atoms with Gasteiger partial charge in [-0.05, 0) is 48.4 Å². The van der Waals surface area contributed by atoms with Crippen molar-refractivity contribution in [2.75, 3.05) is 7.05 Å². The Bertz CT molecular complexity index is 859. The number of benzene rings is 2. The molecule has 0 bridgehead atoms. The number of carbonyl (C=O) groups excluding carboxylic acids is 1. The molecule has 1 N–H and O–H groups in total. The van der Waals surface area contributed by atoms with E-state index in [2.05, 4.69) is 10.1 Å². The van der Waals surface area contributed by atoms with Gasteiger partial charge in [0.25, 0.3) is 5.91 Å². The first-order chi connectivity index (χ1) is 11.5. The lowest BCUT2D eigenvalue weighted by atomic mass is 10.1. The molecular weight excluding hydrogens is 304 g/mol. The van der Waals surface area contributed by atoms with E-state index < -0.39 is 0 Å². The SMILES string of the molecule is Cc1cc(-n2cncn2)ccc1C(=O)N(C)Cc1cccc(O)c1. The van der Waals surface area contributed by atoms with E-state index in [0.717, 1.165) is 16.8 Å². The molecule has 0 saturated carbocycles. The van der Waals surface area contributed by atoms with Gasteiger partial charge < -0.3 is 10.0 Å². The van der Waals surface area contributed by atoms with E-state index in [1.807, 2.05) is 25.1 Å². The van der Waals surface area contributed by atoms with Crippen molar-refractivity contribution in [2.24, 2.45) is 0 Å². The third-order valence-electron chi connectivity index (χ3n) is 3.80. The standard InChI is InChI=1S/C18H18N4O2/c1-13-8-15(22-12-19-11-20-22)6-7-17(13)18(24)21(2)10-14-4-3-5-16(23)9-14/h3-9,11-12,23H,10H2,1-2H3. The molecule has 0 fully saturated rings. The Morgan fingerprint density at radius 1 is 1.25 bits per heavy atom. The van der Waals surface area contributed by atoms with Crippen LogP contribution in [0.1, 0.15) is 21.5 Å². The van der Waals surface area contributed by atoms with Crippen LogP contribution in [0.5, 0.6) is 5.75 Å². The van der Waals surface area contributed by atoms with E-state index in [4.69, 9.17) is 0 Å². The Kier molecular flexibility index (Phi) is 4.29. The molecule has 24 heavy (non-hydrogen) atoms. The van der Waals surface area contributed by atoms with E-state index in [0.29, 0.717) is 12.1 Å². The minimum atomic E-state index is -0.0685. The van der Waals surface area contributed by atoms with Crippen molar-refractivity contribution in [2.45, 2.75) is 13.5 Å². The summed E-state index contributed by atoms with van der Waals surface area (Å²) in [7, 11) is 1.75. The molecule has 0 spiro atoms. The molecule has 0 atom stereocenters. The summed E-state index contributed by atoms with van der Waals surface area (Å²) >= 11 is 0. The Labute approximate surface area is 140 Å². The number of nitrogens with zero attached hydrogens (tertiary/aromatic N) is 4. The number of phenols is 1. The minimum absolute atomic E-state index is 0.0685. The van der Waals surface area contributed by atoms with Gasteiger partial charge in [-0.1, -0.05) is 12.1 Å². The Morgan fingerprint density at radius 3 is 2.75 bits per heavy atom. The molecule has 0 radical (unpaired) electrons. The molecule has 0 saturated heterocycles. The highest BCUT2D eigenvalue weighted by atomic mass is 16.3. The first-order valence-corrected chi connectivity index (χ1v) is 7.53. The Hall–Kier alpha value is -3.15. The zero-order chi connectivity index (χ0) is 17.1. The molecular formula is C18H18N4O2. The Balaban J connectivity index is 1.79. The van der Waals surface area contributed by atoms with Crippen molar-refractivity contribution in [3.05, 3.63) is 71.8 Å². The highest BCUT2D eigenvalue weighted by molar-refractivity contribution is 5.95. The molecule has 0 aliphatic carbocycles. The van der Waals surface area contributed by atoms with Gasteiger partial charge in [-0.25, -0.2) is 9.67 Å². The zero-order valence-corrected chi connectivity index (χ0v) is 13.5. The summed E-state index contributed by atoms with van der Waals surface area (Å²) < 4.78 is 1.65. The third-order valence-corrected chi connectivity index (χ3v) is 3.80. The fourth-order valence-electron chi connectivity index (χ4n) is 2.58. The molecule has 0 aliphatic rings. The smallest absolute Gasteiger partial charge is 0.254 e. The van der Waals surface area contributed by atoms with E-state index >= 15 is 0 Å². The lowest BCUT2D eigenvalue weighted by Gasteiger charge is -2.19. The average molecular weight is 322 g/mol. The lowest BCUT2D eigenvalue weighted by molar-refractivity contribution is 0.0784. The summed E-state index contributed by atoms with van der Waals surface area (Å²) in [6.07, 6.45) is 3.09. The third kappa shape index (κ3) is 3.27. The fourth-order valence-corrected chi connectivity index (χ4v) is 2.58. The minimum Gasteiger partial charge on any atom is -0.508 e. The van der Waals surface area contributed by atoms with Crippen LogP contribution in [0, 0.1) is 6.92 Å². The number of hydrogen-bond acceptors (Lipinski definition) is 4. The van der Waals surface area contributed by atoms with Crippen LogP contribution in [0.2, 0.25) is 0 Å². The number of hydrogen-bond donors (Lipinski definition) is 1. The van der Waals surface area contributed by atoms with Gasteiger partial charge in [-0.3, -0.25) is 4.79 Å². The fraction of sp³-hybridized carbons (Fsp3) is 0.167. The quantitative estimate of drug-likeness (QED) is 0.801. The second-order valence-corrected chi connectivity index (χ2v) is 5.67. The number of phenolic OH excluding ortho intramolecular Hbond substituents is 1. The maximum absolute atomic E-state index is 12.7. The molecule has 2 aromatic carbocycles. The summed E-state index contributed by atoms with van der Waals surface area (Å²) in [6.45, 7) is 2.33. The molecule has 0 aliphatic heterocycles. The summed E-state index contributed by atoms with van der Waals surface area (Å²) in [4.78, 5) is 18.2. The van der Waals surface area contributed by atoms with Crippen LogP contribution in [-0.2, 0) is 6.54 Å². The number of carbonyl (C=O) groups is 1. The second-order valence-electron chi connectivity index (χ2n) is 5.67. The van der Waals surface area contributed by atoms with Crippen LogP contribution >= 0.6 is 0 Å². The second kappa shape index (κ2) is 6.54. The maximum Gasteiger partial charge on any atom is 0.254 e. The van der Waals surface area contributed by atoms with Gasteiger partial charge >= 0.3 is 0 Å². The summed E-state index contributed by atoms with van der Waals surface area (Å²) in [5.41, 5.74) is 3.25. The van der Waals surface area contributed by atoms with E-state index in [9.17, 15) is 9.90 Å². The van der Waals surface area contributed by atoms with Gasteiger partial charge in [0.05, 0.1) is 5.69 Å². The molecule has 3 aromatic rings. The molecule has 6 heteroatoms. The molecule has 1 amide bonds. The van der Waals surface area contributed by atoms with Crippen LogP contribution in [0.4, 0.5) is 0 Å². The first-order valence-electron chi connectivity index (χ1n) is 7.53. The van der Waals surface area contributed by atoms with Gasteiger partial charge in [0, 0.05) is 19.2 Å². The summed E-state index contributed by atoms with van der Waals surface area (Å²) in [5, 5.41) is 13.6. The van der Waals surface area contributed by atoms with Crippen LogP contribution < -0.4 is 0 Å². The molecule has 0 unspecified atom stereocenters. The van der Waals surface area contributed by atoms with Crippen molar-refractivity contribution in [1.29, 1.82) is 0 Å². The van der Waals surface area contributed by atoms with Gasteiger partial charge in [0.15, 0.2) is 0 Å². The largest absolute Gasteiger partial charge is 0.508 e. The summed E-state index contributed by atoms with van der Waals surface area (Å²) in [6, 6.07) is 12.5. The van der Waals surface area contributed by atoms with Crippen LogP contribution in [0.15, 0.2) is 55.1 Å². The summed E-state index contributed by atoms with van der Waals surface area (Å²) in [5.74, 6) is 0.127. The van der Waals surface area contributed by atoms with Gasteiger partial charge in [-0.15, -0.1) is 0 Å². The van der Waals surface area contributed by atoms with Crippen LogP contribution in [0.25, 0.3) is 5.69 Å². The first kappa shape index (κ1) is 15.7. The molecule has 1 heterocycles. The van der Waals surface area contributed by atoms with E-state index in [-0.39, 0.29) is 11.7 Å². The van der Waals surface area contributed by atoms with Crippen molar-refractivity contribution in [3.8, 4) is 11.4 Å². The van der Waals surface area contributed by atoms with Crippen LogP contribution in [0.3, 0.4) is 0 Å². The van der Waals surface area contributed by atoms with Gasteiger partial charge in [-0.2, -0.15) is 5.10 Å². The number of rotatable bonds is 4. The van der Waals surface area contributed by atoms with E-state index in [1.165, 1.54) is 6.33 Å². The number of aryl methyl sites for hydroxylation is 1. The normalized spacial score (nSPS) is 10.6. The van der Waals surface area contributed by atoms with Crippen molar-refractivity contribution in [3.63, 3.8) is 0 Å². The number of amides is 1. The van der Waals surface area contributed by atoms with Crippen molar-refractivity contribution >= 4 is 5.91 Å². The molecule has 122 valence electrons. The van der Waals surface area contributed by atoms with Crippen LogP contribution in [-0.4, -0.2) is 37.7 Å². The lowest BCUT2D eigenvalue weighted by Crippen LogP contribution is -2.26. The molecule has 1 aromatic heterocycles. The van der Waals surface area contributed by atoms with Crippen molar-refractivity contribution in [1.82, 2.24) is 19.7 Å². The average Bonchev–Trinajstić information content (AvgIpc) is 3.08. The van der Waals surface area contributed by atoms with Crippen molar-refractivity contribution < 1.29 is 9.90 Å². The zero-order valence-electron chi connectivity index (χ0n) is 13.5. The number of aromatic nitrogens is 3. The highest BCUT2D eigenvalue weighted by Crippen LogP contribution is 2.18. The maximum atomic E-state index is 12.7. The van der Waals surface area contributed by atoms with Gasteiger partial charge in [0.1, 0.15) is 18.4 Å². The molecule has 3 rings (SSSR count). The predicted octanol–water partition coefficient (Wildman–Crippen LogP) is 2.55. The topological polar surface area (TPSA) is 71.2 Å². The van der Waals surface area contributed by atoms with Gasteiger partial charge in [0.2, 0.25) is 0 Å². The Morgan fingerprint density at radius 2 is 2.08 bits per heavy atom. The predicted molar refractivity (Wildman–Crippen MR) is 90.0 cm³/mol. The molecule has 6 nitrogen and oxygen atoms in total. The van der Waals surface area contributed by atoms with E-state index in [1.54, 1.807) is 47.2 Å². The monoisotopic (exact) mass is 322 g/mol. The highest BCUT2D eigenvalue weighted by Gasteiger charge is 2.15. The number of aromatic hydroxyl groups is 1.